The minimum atomic E-state index is -0.948. The lowest BCUT2D eigenvalue weighted by Gasteiger charge is -2.17. The molecule has 2 N–H and O–H groups in total. The van der Waals surface area contributed by atoms with Crippen LogP contribution in [0.15, 0.2) is 24.3 Å². The molecule has 0 saturated carbocycles. The van der Waals surface area contributed by atoms with Crippen molar-refractivity contribution in [1.82, 2.24) is 10.2 Å². The zero-order valence-electron chi connectivity index (χ0n) is 8.61. The normalized spacial score (nSPS) is 11.9. The van der Waals surface area contributed by atoms with Crippen molar-refractivity contribution in [3.63, 3.8) is 0 Å². The SMILES string of the molecule is CC(C)(C(=O)O)c1[nH]nc2ccccc12. The predicted octanol–water partition coefficient (Wildman–Crippen LogP) is 1.93. The number of aromatic amines is 1. The van der Waals surface area contributed by atoms with Crippen molar-refractivity contribution in [3.05, 3.63) is 30.0 Å². The molecule has 1 aromatic carbocycles. The maximum Gasteiger partial charge on any atom is 0.315 e. The highest BCUT2D eigenvalue weighted by atomic mass is 16.4. The van der Waals surface area contributed by atoms with Crippen molar-refractivity contribution < 1.29 is 9.90 Å². The third kappa shape index (κ3) is 1.38. The van der Waals surface area contributed by atoms with Crippen LogP contribution in [0.4, 0.5) is 0 Å². The van der Waals surface area contributed by atoms with Gasteiger partial charge in [0.25, 0.3) is 0 Å². The van der Waals surface area contributed by atoms with E-state index < -0.39 is 11.4 Å². The number of carboxylic acid groups (broad SMARTS) is 1. The summed E-state index contributed by atoms with van der Waals surface area (Å²) in [4.78, 5) is 11.1. The van der Waals surface area contributed by atoms with Gasteiger partial charge < -0.3 is 5.11 Å². The summed E-state index contributed by atoms with van der Waals surface area (Å²) < 4.78 is 0. The van der Waals surface area contributed by atoms with Gasteiger partial charge in [0.2, 0.25) is 0 Å². The Labute approximate surface area is 86.9 Å². The van der Waals surface area contributed by atoms with E-state index in [4.69, 9.17) is 5.11 Å². The highest BCUT2D eigenvalue weighted by Crippen LogP contribution is 2.28. The van der Waals surface area contributed by atoms with Crippen LogP contribution < -0.4 is 0 Å². The standard InChI is InChI=1S/C11H12N2O2/c1-11(2,10(14)15)9-7-5-3-4-6-8(7)12-13-9/h3-6H,1-2H3,(H,12,13)(H,14,15). The number of fused-ring (bicyclic) bond motifs is 1. The van der Waals surface area contributed by atoms with Gasteiger partial charge in [-0.25, -0.2) is 0 Å². The lowest BCUT2D eigenvalue weighted by Crippen LogP contribution is -2.29. The van der Waals surface area contributed by atoms with E-state index in [0.717, 1.165) is 10.9 Å². The Hall–Kier alpha value is -1.84. The second-order valence-corrected chi connectivity index (χ2v) is 4.05. The molecular weight excluding hydrogens is 192 g/mol. The third-order valence-electron chi connectivity index (χ3n) is 2.62. The van der Waals surface area contributed by atoms with Crippen LogP contribution in [0, 0.1) is 0 Å². The summed E-state index contributed by atoms with van der Waals surface area (Å²) in [6, 6.07) is 7.48. The smallest absolute Gasteiger partial charge is 0.315 e. The molecule has 4 heteroatoms. The number of para-hydroxylation sites is 1. The zero-order valence-corrected chi connectivity index (χ0v) is 8.61. The van der Waals surface area contributed by atoms with Gasteiger partial charge >= 0.3 is 5.97 Å². The van der Waals surface area contributed by atoms with Gasteiger partial charge in [-0.05, 0) is 19.9 Å². The summed E-state index contributed by atoms with van der Waals surface area (Å²) in [5, 5.41) is 16.9. The number of hydrogen-bond acceptors (Lipinski definition) is 2. The van der Waals surface area contributed by atoms with Gasteiger partial charge in [-0.15, -0.1) is 0 Å². The van der Waals surface area contributed by atoms with Crippen molar-refractivity contribution in [2.45, 2.75) is 19.3 Å². The second-order valence-electron chi connectivity index (χ2n) is 4.05. The first-order chi connectivity index (χ1) is 7.03. The average molecular weight is 204 g/mol. The quantitative estimate of drug-likeness (QED) is 0.785. The van der Waals surface area contributed by atoms with Crippen LogP contribution in [-0.2, 0) is 10.2 Å². The largest absolute Gasteiger partial charge is 0.481 e. The van der Waals surface area contributed by atoms with E-state index in [1.807, 2.05) is 24.3 Å². The number of aliphatic carboxylic acids is 1. The molecule has 78 valence electrons. The van der Waals surface area contributed by atoms with Gasteiger partial charge in [0.1, 0.15) is 5.41 Å². The molecule has 0 spiro atoms. The number of benzene rings is 1. The van der Waals surface area contributed by atoms with Crippen LogP contribution in [0.25, 0.3) is 10.9 Å². The monoisotopic (exact) mass is 204 g/mol. The van der Waals surface area contributed by atoms with Crippen LogP contribution in [0.3, 0.4) is 0 Å². The Morgan fingerprint density at radius 1 is 1.40 bits per heavy atom. The molecule has 0 fully saturated rings. The number of nitrogens with zero attached hydrogens (tertiary/aromatic N) is 1. The number of aromatic nitrogens is 2. The van der Waals surface area contributed by atoms with Crippen LogP contribution in [0.2, 0.25) is 0 Å². The van der Waals surface area contributed by atoms with Gasteiger partial charge in [0.05, 0.1) is 11.2 Å². The number of carboxylic acids is 1. The number of rotatable bonds is 2. The number of hydrogen-bond donors (Lipinski definition) is 2. The molecule has 1 heterocycles. The fraction of sp³-hybridized carbons (Fsp3) is 0.273. The lowest BCUT2D eigenvalue weighted by atomic mass is 9.87. The minimum Gasteiger partial charge on any atom is -0.481 e. The minimum absolute atomic E-state index is 0.644. The molecule has 0 bridgehead atoms. The first-order valence-corrected chi connectivity index (χ1v) is 4.70. The summed E-state index contributed by atoms with van der Waals surface area (Å²) >= 11 is 0. The van der Waals surface area contributed by atoms with Crippen LogP contribution in [0.5, 0.6) is 0 Å². The van der Waals surface area contributed by atoms with E-state index in [9.17, 15) is 4.79 Å². The van der Waals surface area contributed by atoms with Gasteiger partial charge in [-0.1, -0.05) is 18.2 Å². The number of H-pyrrole nitrogens is 1. The van der Waals surface area contributed by atoms with Crippen molar-refractivity contribution in [3.8, 4) is 0 Å². The summed E-state index contributed by atoms with van der Waals surface area (Å²) in [6.07, 6.45) is 0. The van der Waals surface area contributed by atoms with Crippen LogP contribution >= 0.6 is 0 Å². The molecule has 1 aromatic heterocycles. The maximum atomic E-state index is 11.1. The molecule has 0 aliphatic heterocycles. The maximum absolute atomic E-state index is 11.1. The van der Waals surface area contributed by atoms with Crippen LogP contribution in [-0.4, -0.2) is 21.3 Å². The summed E-state index contributed by atoms with van der Waals surface area (Å²) in [7, 11) is 0. The third-order valence-corrected chi connectivity index (χ3v) is 2.62. The second kappa shape index (κ2) is 3.08. The van der Waals surface area contributed by atoms with Crippen LogP contribution in [0.1, 0.15) is 19.5 Å². The van der Waals surface area contributed by atoms with E-state index in [2.05, 4.69) is 10.2 Å². The van der Waals surface area contributed by atoms with Crippen molar-refractivity contribution in [1.29, 1.82) is 0 Å². The van der Waals surface area contributed by atoms with Gasteiger partial charge in [0, 0.05) is 5.39 Å². The molecule has 15 heavy (non-hydrogen) atoms. The first-order valence-electron chi connectivity index (χ1n) is 4.70. The first kappa shape index (κ1) is 9.71. The highest BCUT2D eigenvalue weighted by Gasteiger charge is 2.32. The molecular formula is C11H12N2O2. The molecule has 0 radical (unpaired) electrons. The zero-order chi connectivity index (χ0) is 11.1. The molecule has 0 aliphatic rings. The predicted molar refractivity (Wildman–Crippen MR) is 56.8 cm³/mol. The molecule has 0 amide bonds. The van der Waals surface area contributed by atoms with Crippen molar-refractivity contribution in [2.75, 3.05) is 0 Å². The Morgan fingerprint density at radius 2 is 2.07 bits per heavy atom. The summed E-state index contributed by atoms with van der Waals surface area (Å²) in [5.74, 6) is -0.864. The van der Waals surface area contributed by atoms with Crippen molar-refractivity contribution >= 4 is 16.9 Å². The fourth-order valence-electron chi connectivity index (χ4n) is 1.54. The fourth-order valence-corrected chi connectivity index (χ4v) is 1.54. The van der Waals surface area contributed by atoms with E-state index in [-0.39, 0.29) is 0 Å². The topological polar surface area (TPSA) is 66.0 Å². The Morgan fingerprint density at radius 3 is 2.73 bits per heavy atom. The van der Waals surface area contributed by atoms with Crippen molar-refractivity contribution in [2.24, 2.45) is 0 Å². The van der Waals surface area contributed by atoms with E-state index >= 15 is 0 Å². The van der Waals surface area contributed by atoms with Gasteiger partial charge in [-0.3, -0.25) is 9.89 Å². The summed E-state index contributed by atoms with van der Waals surface area (Å²) in [6.45, 7) is 3.32. The van der Waals surface area contributed by atoms with Gasteiger partial charge in [0.15, 0.2) is 0 Å². The highest BCUT2D eigenvalue weighted by molar-refractivity contribution is 5.89. The number of carbonyl (C=O) groups is 1. The Bertz CT molecular complexity index is 514. The molecule has 0 unspecified atom stereocenters. The molecule has 2 aromatic rings. The van der Waals surface area contributed by atoms with E-state index in [1.165, 1.54) is 0 Å². The van der Waals surface area contributed by atoms with E-state index in [0.29, 0.717) is 5.69 Å². The molecule has 4 nitrogen and oxygen atoms in total. The average Bonchev–Trinajstić information content (AvgIpc) is 2.61. The number of nitrogens with one attached hydrogen (secondary N) is 1. The van der Waals surface area contributed by atoms with E-state index in [1.54, 1.807) is 13.8 Å². The molecule has 0 saturated heterocycles. The lowest BCUT2D eigenvalue weighted by molar-refractivity contribution is -0.142. The Kier molecular flexibility index (Phi) is 2.00. The summed E-state index contributed by atoms with van der Waals surface area (Å²) in [5.41, 5.74) is 0.489. The molecule has 2 rings (SSSR count). The van der Waals surface area contributed by atoms with Gasteiger partial charge in [-0.2, -0.15) is 5.10 Å². The molecule has 0 atom stereocenters. The molecule has 0 aliphatic carbocycles. The Balaban J connectivity index is 2.67.